The molecule has 1 atom stereocenters. The molecule has 1 aromatic rings. The van der Waals surface area contributed by atoms with Gasteiger partial charge in [-0.3, -0.25) is 4.79 Å². The van der Waals surface area contributed by atoms with E-state index in [2.05, 4.69) is 24.1 Å². The molecule has 1 aromatic carbocycles. The van der Waals surface area contributed by atoms with Gasteiger partial charge in [0.25, 0.3) is 0 Å². The summed E-state index contributed by atoms with van der Waals surface area (Å²) in [4.78, 5) is 14.0. The van der Waals surface area contributed by atoms with Crippen molar-refractivity contribution in [2.24, 2.45) is 5.92 Å². The number of ether oxygens (including phenoxy) is 1. The summed E-state index contributed by atoms with van der Waals surface area (Å²) >= 11 is 0. The largest absolute Gasteiger partial charge is 0.496 e. The molecule has 0 saturated carbocycles. The second-order valence-electron chi connectivity index (χ2n) is 5.96. The summed E-state index contributed by atoms with van der Waals surface area (Å²) in [6.45, 7) is 4.85. The Morgan fingerprint density at radius 2 is 1.95 bits per heavy atom. The van der Waals surface area contributed by atoms with Crippen LogP contribution in [0.5, 0.6) is 5.75 Å². The lowest BCUT2D eigenvalue weighted by Gasteiger charge is -2.26. The van der Waals surface area contributed by atoms with Crippen LogP contribution in [0.1, 0.15) is 38.3 Å². The number of amides is 1. The predicted molar refractivity (Wildman–Crippen MR) is 86.5 cm³/mol. The summed E-state index contributed by atoms with van der Waals surface area (Å²) in [6, 6.07) is 8.05. The lowest BCUT2D eigenvalue weighted by molar-refractivity contribution is -0.121. The Hall–Kier alpha value is -1.55. The van der Waals surface area contributed by atoms with Crippen molar-refractivity contribution in [3.05, 3.63) is 29.8 Å². The van der Waals surface area contributed by atoms with E-state index in [1.54, 1.807) is 7.11 Å². The Labute approximate surface area is 128 Å². The van der Waals surface area contributed by atoms with E-state index in [4.69, 9.17) is 4.74 Å². The number of hydrogen-bond acceptors (Lipinski definition) is 3. The fourth-order valence-electron chi connectivity index (χ4n) is 2.23. The molecule has 4 heteroatoms. The molecule has 0 fully saturated rings. The van der Waals surface area contributed by atoms with Crippen molar-refractivity contribution in [2.75, 3.05) is 27.7 Å². The average molecular weight is 292 g/mol. The highest BCUT2D eigenvalue weighted by Crippen LogP contribution is 2.27. The molecule has 0 aliphatic heterocycles. The zero-order chi connectivity index (χ0) is 15.8. The number of likely N-dealkylation sites (N-methyl/N-ethyl adjacent to an activating group) is 1. The third-order valence-corrected chi connectivity index (χ3v) is 3.56. The number of rotatable bonds is 8. The zero-order valence-corrected chi connectivity index (χ0v) is 13.8. The van der Waals surface area contributed by atoms with Gasteiger partial charge >= 0.3 is 0 Å². The normalized spacial score (nSPS) is 12.5. The number of nitrogens with one attached hydrogen (secondary N) is 1. The van der Waals surface area contributed by atoms with E-state index in [-0.39, 0.29) is 11.9 Å². The summed E-state index contributed by atoms with van der Waals surface area (Å²) < 4.78 is 5.42. The lowest BCUT2D eigenvalue weighted by Crippen LogP contribution is -2.34. The van der Waals surface area contributed by atoms with Gasteiger partial charge in [-0.1, -0.05) is 32.0 Å². The van der Waals surface area contributed by atoms with Crippen LogP contribution in [-0.2, 0) is 4.79 Å². The van der Waals surface area contributed by atoms with Crippen molar-refractivity contribution in [3.8, 4) is 5.75 Å². The molecule has 118 valence electrons. The Morgan fingerprint density at radius 1 is 1.29 bits per heavy atom. The van der Waals surface area contributed by atoms with Crippen molar-refractivity contribution in [2.45, 2.75) is 32.7 Å². The van der Waals surface area contributed by atoms with Gasteiger partial charge in [-0.25, -0.2) is 0 Å². The molecule has 0 aliphatic rings. The molecule has 0 heterocycles. The standard InChI is InChI=1S/C17H28N2O2/c1-13(2)10-11-17(20)18-12-15(19(3)4)14-8-6-7-9-16(14)21-5/h6-9,13,15H,10-12H2,1-5H3,(H,18,20). The molecule has 21 heavy (non-hydrogen) atoms. The Bertz CT molecular complexity index is 444. The number of carbonyl (C=O) groups excluding carboxylic acids is 1. The molecule has 1 amide bonds. The minimum absolute atomic E-state index is 0.101. The fraction of sp³-hybridized carbons (Fsp3) is 0.588. The molecule has 0 saturated heterocycles. The smallest absolute Gasteiger partial charge is 0.220 e. The molecule has 0 bridgehead atoms. The Morgan fingerprint density at radius 3 is 2.52 bits per heavy atom. The second-order valence-corrected chi connectivity index (χ2v) is 5.96. The van der Waals surface area contributed by atoms with E-state index in [9.17, 15) is 4.79 Å². The van der Waals surface area contributed by atoms with Crippen LogP contribution in [0.25, 0.3) is 0 Å². The Balaban J connectivity index is 2.68. The second kappa shape index (κ2) is 8.67. The first-order valence-electron chi connectivity index (χ1n) is 7.51. The quantitative estimate of drug-likeness (QED) is 0.801. The minimum atomic E-state index is 0.101. The van der Waals surface area contributed by atoms with Crippen LogP contribution in [0, 0.1) is 5.92 Å². The van der Waals surface area contributed by atoms with E-state index < -0.39 is 0 Å². The maximum absolute atomic E-state index is 11.9. The highest BCUT2D eigenvalue weighted by Gasteiger charge is 2.18. The number of hydrogen-bond donors (Lipinski definition) is 1. The topological polar surface area (TPSA) is 41.6 Å². The maximum atomic E-state index is 11.9. The minimum Gasteiger partial charge on any atom is -0.496 e. The number of para-hydroxylation sites is 1. The van der Waals surface area contributed by atoms with Gasteiger partial charge in [0.1, 0.15) is 5.75 Å². The molecule has 0 aliphatic carbocycles. The number of nitrogens with zero attached hydrogens (tertiary/aromatic N) is 1. The molecule has 0 aromatic heterocycles. The van der Waals surface area contributed by atoms with E-state index in [0.717, 1.165) is 17.7 Å². The van der Waals surface area contributed by atoms with Crippen molar-refractivity contribution in [1.29, 1.82) is 0 Å². The van der Waals surface area contributed by atoms with Gasteiger partial charge in [0, 0.05) is 18.5 Å². The molecule has 0 radical (unpaired) electrons. The van der Waals surface area contributed by atoms with Gasteiger partial charge < -0.3 is 15.0 Å². The predicted octanol–water partition coefficient (Wildman–Crippen LogP) is 2.85. The molecule has 4 nitrogen and oxygen atoms in total. The van der Waals surface area contributed by atoms with Gasteiger partial charge in [0.2, 0.25) is 5.91 Å². The van der Waals surface area contributed by atoms with Crippen molar-refractivity contribution in [1.82, 2.24) is 10.2 Å². The van der Waals surface area contributed by atoms with Crippen LogP contribution in [-0.4, -0.2) is 38.6 Å². The monoisotopic (exact) mass is 292 g/mol. The van der Waals surface area contributed by atoms with Crippen LogP contribution in [0.4, 0.5) is 0 Å². The van der Waals surface area contributed by atoms with Crippen LogP contribution in [0.2, 0.25) is 0 Å². The van der Waals surface area contributed by atoms with Gasteiger partial charge in [-0.05, 0) is 32.5 Å². The first-order chi connectivity index (χ1) is 9.95. The van der Waals surface area contributed by atoms with E-state index in [1.807, 2.05) is 38.4 Å². The van der Waals surface area contributed by atoms with Crippen LogP contribution in [0.15, 0.2) is 24.3 Å². The van der Waals surface area contributed by atoms with E-state index in [1.165, 1.54) is 0 Å². The van der Waals surface area contributed by atoms with Crippen molar-refractivity contribution < 1.29 is 9.53 Å². The fourth-order valence-corrected chi connectivity index (χ4v) is 2.23. The third-order valence-electron chi connectivity index (χ3n) is 3.56. The van der Waals surface area contributed by atoms with Crippen molar-refractivity contribution in [3.63, 3.8) is 0 Å². The van der Waals surface area contributed by atoms with Crippen LogP contribution < -0.4 is 10.1 Å². The molecule has 0 spiro atoms. The van der Waals surface area contributed by atoms with E-state index in [0.29, 0.717) is 18.9 Å². The SMILES string of the molecule is COc1ccccc1C(CNC(=O)CCC(C)C)N(C)C. The highest BCUT2D eigenvalue weighted by molar-refractivity contribution is 5.75. The summed E-state index contributed by atoms with van der Waals surface area (Å²) in [5, 5.41) is 3.03. The summed E-state index contributed by atoms with van der Waals surface area (Å²) in [6.07, 6.45) is 1.51. The third kappa shape index (κ3) is 5.76. The first-order valence-corrected chi connectivity index (χ1v) is 7.51. The van der Waals surface area contributed by atoms with Gasteiger partial charge in [0.15, 0.2) is 0 Å². The number of benzene rings is 1. The van der Waals surface area contributed by atoms with Crippen LogP contribution in [0.3, 0.4) is 0 Å². The summed E-state index contributed by atoms with van der Waals surface area (Å²) in [7, 11) is 5.70. The highest BCUT2D eigenvalue weighted by atomic mass is 16.5. The number of methoxy groups -OCH3 is 1. The molecule has 1 unspecified atom stereocenters. The lowest BCUT2D eigenvalue weighted by atomic mass is 10.0. The molecular formula is C17H28N2O2. The molecule has 1 rings (SSSR count). The Kier molecular flexibility index (Phi) is 7.23. The van der Waals surface area contributed by atoms with Crippen molar-refractivity contribution >= 4 is 5.91 Å². The van der Waals surface area contributed by atoms with Gasteiger partial charge in [-0.2, -0.15) is 0 Å². The van der Waals surface area contributed by atoms with Crippen LogP contribution >= 0.6 is 0 Å². The zero-order valence-electron chi connectivity index (χ0n) is 13.8. The van der Waals surface area contributed by atoms with Gasteiger partial charge in [-0.15, -0.1) is 0 Å². The average Bonchev–Trinajstić information content (AvgIpc) is 2.45. The molecular weight excluding hydrogens is 264 g/mol. The summed E-state index contributed by atoms with van der Waals surface area (Å²) in [5.41, 5.74) is 1.09. The summed E-state index contributed by atoms with van der Waals surface area (Å²) in [5.74, 6) is 1.52. The molecule has 1 N–H and O–H groups in total. The maximum Gasteiger partial charge on any atom is 0.220 e. The van der Waals surface area contributed by atoms with E-state index >= 15 is 0 Å². The first kappa shape index (κ1) is 17.5. The number of carbonyl (C=O) groups is 1. The van der Waals surface area contributed by atoms with Gasteiger partial charge in [0.05, 0.1) is 13.2 Å².